The maximum absolute atomic E-state index is 13.5. The molecule has 2 heterocycles. The summed E-state index contributed by atoms with van der Waals surface area (Å²) in [5.41, 5.74) is 6.56. The SMILES string of the molecule is CSc1nc2n(n1)[C@H](c1ccc(C)cc1)C(C(=O)Nc1ccc(C)cc1C)=C(C)N2. The summed E-state index contributed by atoms with van der Waals surface area (Å²) in [6.45, 7) is 8.00. The first-order valence-electron chi connectivity index (χ1n) is 9.81. The standard InChI is InChI=1S/C23H25N5OS/c1-13-6-9-17(10-7-13)20-19(16(4)24-22-26-23(30-5)27-28(20)22)21(29)25-18-11-8-14(2)12-15(18)3/h6-12,20H,1-5H3,(H,25,29)(H,24,26,27)/t20-/m1/s1. The summed E-state index contributed by atoms with van der Waals surface area (Å²) in [4.78, 5) is 18.0. The molecule has 7 heteroatoms. The Morgan fingerprint density at radius 3 is 2.43 bits per heavy atom. The normalized spacial score (nSPS) is 15.6. The van der Waals surface area contributed by atoms with E-state index >= 15 is 0 Å². The lowest BCUT2D eigenvalue weighted by Gasteiger charge is -2.29. The van der Waals surface area contributed by atoms with Crippen LogP contribution in [0.2, 0.25) is 0 Å². The van der Waals surface area contributed by atoms with Crippen molar-refractivity contribution in [1.29, 1.82) is 0 Å². The molecule has 0 saturated heterocycles. The zero-order valence-corrected chi connectivity index (χ0v) is 18.6. The topological polar surface area (TPSA) is 71.8 Å². The number of thioether (sulfide) groups is 1. The van der Waals surface area contributed by atoms with Gasteiger partial charge in [-0.1, -0.05) is 59.3 Å². The molecular formula is C23H25N5OS. The number of aromatic nitrogens is 3. The molecule has 0 unspecified atom stereocenters. The van der Waals surface area contributed by atoms with E-state index in [2.05, 4.69) is 38.9 Å². The molecule has 0 fully saturated rings. The molecule has 4 rings (SSSR count). The number of benzene rings is 2. The molecule has 0 bridgehead atoms. The van der Waals surface area contributed by atoms with Crippen molar-refractivity contribution in [3.05, 3.63) is 76.0 Å². The summed E-state index contributed by atoms with van der Waals surface area (Å²) in [6, 6.07) is 13.9. The van der Waals surface area contributed by atoms with E-state index in [1.807, 2.05) is 58.2 Å². The van der Waals surface area contributed by atoms with E-state index in [9.17, 15) is 4.79 Å². The molecule has 0 radical (unpaired) electrons. The number of allylic oxidation sites excluding steroid dienone is 1. The van der Waals surface area contributed by atoms with Crippen LogP contribution in [0.25, 0.3) is 0 Å². The van der Waals surface area contributed by atoms with E-state index in [-0.39, 0.29) is 11.9 Å². The van der Waals surface area contributed by atoms with E-state index in [1.54, 1.807) is 4.68 Å². The molecule has 2 aromatic carbocycles. The molecule has 2 N–H and O–H groups in total. The zero-order valence-electron chi connectivity index (χ0n) is 17.8. The Labute approximate surface area is 180 Å². The number of amides is 1. The van der Waals surface area contributed by atoms with Crippen LogP contribution in [0.1, 0.15) is 35.2 Å². The number of nitrogens with zero attached hydrogens (tertiary/aromatic N) is 3. The van der Waals surface area contributed by atoms with E-state index in [4.69, 9.17) is 0 Å². The second-order valence-corrected chi connectivity index (χ2v) is 8.39. The van der Waals surface area contributed by atoms with Crippen LogP contribution in [-0.2, 0) is 4.79 Å². The number of nitrogens with one attached hydrogen (secondary N) is 2. The fourth-order valence-electron chi connectivity index (χ4n) is 3.71. The van der Waals surface area contributed by atoms with E-state index < -0.39 is 0 Å². The predicted octanol–water partition coefficient (Wildman–Crippen LogP) is 4.85. The zero-order chi connectivity index (χ0) is 21.4. The van der Waals surface area contributed by atoms with Gasteiger partial charge in [-0.05, 0) is 51.1 Å². The second-order valence-electron chi connectivity index (χ2n) is 7.62. The fourth-order valence-corrected chi connectivity index (χ4v) is 4.06. The van der Waals surface area contributed by atoms with Crippen LogP contribution in [-0.4, -0.2) is 26.9 Å². The lowest BCUT2D eigenvalue weighted by molar-refractivity contribution is -0.113. The van der Waals surface area contributed by atoms with Crippen molar-refractivity contribution in [3.63, 3.8) is 0 Å². The van der Waals surface area contributed by atoms with Gasteiger partial charge in [0.1, 0.15) is 6.04 Å². The molecule has 1 aliphatic rings. The lowest BCUT2D eigenvalue weighted by Crippen LogP contribution is -2.31. The second kappa shape index (κ2) is 7.99. The van der Waals surface area contributed by atoms with Gasteiger partial charge < -0.3 is 10.6 Å². The molecule has 154 valence electrons. The van der Waals surface area contributed by atoms with Gasteiger partial charge in [0.05, 0.1) is 5.57 Å². The third kappa shape index (κ3) is 3.73. The molecule has 3 aromatic rings. The fraction of sp³-hybridized carbons (Fsp3) is 0.261. The largest absolute Gasteiger partial charge is 0.328 e. The number of aryl methyl sites for hydroxylation is 3. The predicted molar refractivity (Wildman–Crippen MR) is 122 cm³/mol. The van der Waals surface area contributed by atoms with Crippen molar-refractivity contribution in [1.82, 2.24) is 14.8 Å². The molecular weight excluding hydrogens is 394 g/mol. The molecule has 0 saturated carbocycles. The summed E-state index contributed by atoms with van der Waals surface area (Å²) in [6.07, 6.45) is 1.94. The molecule has 0 spiro atoms. The third-order valence-electron chi connectivity index (χ3n) is 5.28. The van der Waals surface area contributed by atoms with Crippen molar-refractivity contribution in [2.45, 2.75) is 38.9 Å². The summed E-state index contributed by atoms with van der Waals surface area (Å²) >= 11 is 1.48. The van der Waals surface area contributed by atoms with Crippen molar-refractivity contribution < 1.29 is 4.79 Å². The first kappa shape index (κ1) is 20.2. The summed E-state index contributed by atoms with van der Waals surface area (Å²) < 4.78 is 1.81. The maximum atomic E-state index is 13.5. The molecule has 1 amide bonds. The van der Waals surface area contributed by atoms with Gasteiger partial charge >= 0.3 is 0 Å². The number of anilines is 2. The van der Waals surface area contributed by atoms with Crippen LogP contribution in [0, 0.1) is 20.8 Å². The van der Waals surface area contributed by atoms with E-state index in [1.165, 1.54) is 17.3 Å². The average Bonchev–Trinajstić information content (AvgIpc) is 3.12. The quantitative estimate of drug-likeness (QED) is 0.591. The van der Waals surface area contributed by atoms with Gasteiger partial charge in [0.25, 0.3) is 5.91 Å². The maximum Gasteiger partial charge on any atom is 0.255 e. The van der Waals surface area contributed by atoms with Gasteiger partial charge in [0.2, 0.25) is 11.1 Å². The van der Waals surface area contributed by atoms with Crippen LogP contribution in [0.4, 0.5) is 11.6 Å². The van der Waals surface area contributed by atoms with Gasteiger partial charge in [-0.2, -0.15) is 4.98 Å². The number of carbonyl (C=O) groups is 1. The first-order valence-corrected chi connectivity index (χ1v) is 11.0. The number of rotatable bonds is 4. The number of fused-ring (bicyclic) bond motifs is 1. The minimum Gasteiger partial charge on any atom is -0.328 e. The summed E-state index contributed by atoms with van der Waals surface area (Å²) in [7, 11) is 0. The van der Waals surface area contributed by atoms with Crippen LogP contribution in [0.5, 0.6) is 0 Å². The van der Waals surface area contributed by atoms with Crippen molar-refractivity contribution in [2.24, 2.45) is 0 Å². The van der Waals surface area contributed by atoms with Gasteiger partial charge in [0, 0.05) is 11.4 Å². The third-order valence-corrected chi connectivity index (χ3v) is 5.82. The Morgan fingerprint density at radius 1 is 1.07 bits per heavy atom. The highest BCUT2D eigenvalue weighted by atomic mass is 32.2. The van der Waals surface area contributed by atoms with Crippen LogP contribution >= 0.6 is 11.8 Å². The van der Waals surface area contributed by atoms with Gasteiger partial charge in [-0.15, -0.1) is 5.10 Å². The summed E-state index contributed by atoms with van der Waals surface area (Å²) in [5.74, 6) is 0.495. The van der Waals surface area contributed by atoms with Crippen LogP contribution in [0.15, 0.2) is 58.9 Å². The number of hydrogen-bond acceptors (Lipinski definition) is 5. The highest BCUT2D eigenvalue weighted by Gasteiger charge is 2.34. The molecule has 6 nitrogen and oxygen atoms in total. The van der Waals surface area contributed by atoms with Crippen molar-refractivity contribution >= 4 is 29.3 Å². The molecule has 30 heavy (non-hydrogen) atoms. The Bertz CT molecular complexity index is 1150. The average molecular weight is 420 g/mol. The van der Waals surface area contributed by atoms with Crippen molar-refractivity contribution in [3.8, 4) is 0 Å². The van der Waals surface area contributed by atoms with Crippen LogP contribution < -0.4 is 10.6 Å². The van der Waals surface area contributed by atoms with Crippen LogP contribution in [0.3, 0.4) is 0 Å². The Morgan fingerprint density at radius 2 is 1.77 bits per heavy atom. The monoisotopic (exact) mass is 419 g/mol. The minimum absolute atomic E-state index is 0.149. The molecule has 0 aliphatic carbocycles. The Balaban J connectivity index is 1.78. The Hall–Kier alpha value is -3.06. The molecule has 1 atom stereocenters. The molecule has 1 aliphatic heterocycles. The highest BCUT2D eigenvalue weighted by Crippen LogP contribution is 2.36. The van der Waals surface area contributed by atoms with Gasteiger partial charge in [-0.25, -0.2) is 4.68 Å². The Kier molecular flexibility index (Phi) is 5.39. The lowest BCUT2D eigenvalue weighted by atomic mass is 9.94. The molecule has 1 aromatic heterocycles. The van der Waals surface area contributed by atoms with E-state index in [0.29, 0.717) is 16.7 Å². The van der Waals surface area contributed by atoms with E-state index in [0.717, 1.165) is 28.1 Å². The summed E-state index contributed by atoms with van der Waals surface area (Å²) in [5, 5.41) is 11.7. The smallest absolute Gasteiger partial charge is 0.255 e. The van der Waals surface area contributed by atoms with Gasteiger partial charge in [0.15, 0.2) is 0 Å². The number of carbonyl (C=O) groups excluding carboxylic acids is 1. The first-order chi connectivity index (χ1) is 14.4. The highest BCUT2D eigenvalue weighted by molar-refractivity contribution is 7.98. The number of hydrogen-bond donors (Lipinski definition) is 2. The van der Waals surface area contributed by atoms with Gasteiger partial charge in [-0.3, -0.25) is 4.79 Å². The van der Waals surface area contributed by atoms with Crippen molar-refractivity contribution in [2.75, 3.05) is 16.9 Å². The minimum atomic E-state index is -0.360.